The number of halogens is 6. The Morgan fingerprint density at radius 3 is 1.09 bits per heavy atom. The van der Waals surface area contributed by atoms with Gasteiger partial charge in [0.15, 0.2) is 0 Å². The number of para-hydroxylation sites is 2. The van der Waals surface area contributed by atoms with Crippen molar-refractivity contribution in [2.24, 2.45) is 33.9 Å². The number of anilines is 4. The zero-order valence-corrected chi connectivity index (χ0v) is 53.7. The molecular formula is C65H74Cl6N8O8. The van der Waals surface area contributed by atoms with Crippen molar-refractivity contribution in [3.8, 4) is 0 Å². The molecule has 0 radical (unpaired) electrons. The van der Waals surface area contributed by atoms with Gasteiger partial charge < -0.3 is 10.6 Å². The summed E-state index contributed by atoms with van der Waals surface area (Å²) in [7, 11) is 0. The number of amides is 8. The summed E-state index contributed by atoms with van der Waals surface area (Å²) in [6.07, 6.45) is 22.8. The lowest BCUT2D eigenvalue weighted by Crippen LogP contribution is -2.43. The van der Waals surface area contributed by atoms with Crippen molar-refractivity contribution in [1.82, 2.24) is 10.6 Å². The van der Waals surface area contributed by atoms with Crippen molar-refractivity contribution in [2.75, 3.05) is 19.8 Å². The van der Waals surface area contributed by atoms with E-state index < -0.39 is 77.3 Å². The van der Waals surface area contributed by atoms with Gasteiger partial charge in [0.2, 0.25) is 23.6 Å². The predicted molar refractivity (Wildman–Crippen MR) is 346 cm³/mol. The van der Waals surface area contributed by atoms with Crippen LogP contribution in [-0.2, 0) is 28.8 Å². The average molecular weight is 1310 g/mol. The molecule has 22 heteroatoms. The van der Waals surface area contributed by atoms with Crippen molar-refractivity contribution < 1.29 is 38.4 Å². The van der Waals surface area contributed by atoms with Crippen LogP contribution >= 0.6 is 69.6 Å². The fourth-order valence-electron chi connectivity index (χ4n) is 11.9. The number of amidine groups is 2. The molecule has 4 aromatic rings. The quantitative estimate of drug-likeness (QED) is 0.0379. The number of hydrogen-bond acceptors (Lipinski definition) is 10. The number of nitrogens with zero attached hydrogens (tertiary/aromatic N) is 6. The van der Waals surface area contributed by atoms with Crippen LogP contribution in [0.3, 0.4) is 0 Å². The molecule has 87 heavy (non-hydrogen) atoms. The Balaban J connectivity index is 1.04. The molecule has 4 aromatic carbocycles. The minimum absolute atomic E-state index is 0.0214. The van der Waals surface area contributed by atoms with E-state index in [-0.39, 0.29) is 88.5 Å². The van der Waals surface area contributed by atoms with Gasteiger partial charge in [0.05, 0.1) is 42.6 Å². The Hall–Kier alpha value is -5.88. The smallest absolute Gasteiger partial charge is 0.258 e. The van der Waals surface area contributed by atoms with Gasteiger partial charge in [0, 0.05) is 34.7 Å². The molecular weight excluding hydrogens is 1230 g/mol. The number of carbonyl (C=O) groups is 8. The summed E-state index contributed by atoms with van der Waals surface area (Å²) in [6.45, 7) is 4.40. The standard InChI is InChI=1S/C65H74Cl6N8O8/c1-3-5-7-9-11-13-15-17-19-21-27-40-33-54(80)76(62(40)84)52-31-25-23-29-44(52)60(82)72-58-46(64(86)78(74-58)56-48(68)35-42(66)36-49(56)69)39-47-59(75-79(65(47)87)57-50(70)37-43(67)38-51(57)71)73-61(83)45-30-24-26-32-53(45)77-55(81)34-41(63(77)85)28-22-20-18-16-14-12-10-8-6-4-2/h23-26,29-32,35-38,40-41,46-47H,3-22,27-28,33-34,39H2,1-2H3,(H,72,74,82)(H,73,75,83). The van der Waals surface area contributed by atoms with E-state index in [1.165, 1.54) is 126 Å². The highest BCUT2D eigenvalue weighted by Crippen LogP contribution is 2.44. The molecule has 0 bridgehead atoms. The molecule has 0 aromatic heterocycles. The molecule has 0 spiro atoms. The number of rotatable bonds is 30. The first kappa shape index (κ1) is 67.1. The van der Waals surface area contributed by atoms with Crippen molar-refractivity contribution >= 4 is 151 Å². The van der Waals surface area contributed by atoms with Crippen molar-refractivity contribution in [1.29, 1.82) is 0 Å². The number of carbonyl (C=O) groups excluding carboxylic acids is 8. The number of imide groups is 2. The minimum atomic E-state index is -1.55. The summed E-state index contributed by atoms with van der Waals surface area (Å²) in [4.78, 5) is 117. The average Bonchev–Trinajstić information content (AvgIpc) is 1.72. The third-order valence-electron chi connectivity index (χ3n) is 16.5. The van der Waals surface area contributed by atoms with Crippen LogP contribution in [0.4, 0.5) is 22.7 Å². The maximum absolute atomic E-state index is 15.1. The van der Waals surface area contributed by atoms with Gasteiger partial charge in [-0.05, 0) is 67.8 Å². The second-order valence-corrected chi connectivity index (χ2v) is 25.4. The first-order valence-corrected chi connectivity index (χ1v) is 32.9. The number of hydrogen-bond donors (Lipinski definition) is 2. The minimum Gasteiger partial charge on any atom is -0.308 e. The van der Waals surface area contributed by atoms with Crippen LogP contribution in [0.1, 0.15) is 195 Å². The van der Waals surface area contributed by atoms with Gasteiger partial charge in [-0.15, -0.1) is 0 Å². The molecule has 8 rings (SSSR count). The molecule has 0 aliphatic carbocycles. The Labute approximate surface area is 539 Å². The topological polar surface area (TPSA) is 198 Å². The Morgan fingerprint density at radius 1 is 0.448 bits per heavy atom. The predicted octanol–water partition coefficient (Wildman–Crippen LogP) is 16.5. The lowest BCUT2D eigenvalue weighted by molar-refractivity contribution is -0.123. The lowest BCUT2D eigenvalue weighted by atomic mass is 9.91. The molecule has 2 fully saturated rings. The van der Waals surface area contributed by atoms with Crippen LogP contribution in [0.5, 0.6) is 0 Å². The molecule has 0 saturated carbocycles. The first-order valence-electron chi connectivity index (χ1n) is 30.6. The molecule has 4 heterocycles. The molecule has 4 aliphatic heterocycles. The monoisotopic (exact) mass is 1300 g/mol. The molecule has 2 saturated heterocycles. The van der Waals surface area contributed by atoms with Gasteiger partial charge >= 0.3 is 0 Å². The number of hydrazone groups is 2. The van der Waals surface area contributed by atoms with Crippen molar-refractivity contribution in [2.45, 2.75) is 174 Å². The van der Waals surface area contributed by atoms with E-state index in [0.717, 1.165) is 71.2 Å². The zero-order chi connectivity index (χ0) is 62.3. The van der Waals surface area contributed by atoms with E-state index in [9.17, 15) is 28.8 Å². The number of benzene rings is 4. The second-order valence-electron chi connectivity index (χ2n) is 22.9. The molecule has 4 atom stereocenters. The maximum atomic E-state index is 15.1. The first-order chi connectivity index (χ1) is 41.9. The number of unbranched alkanes of at least 4 members (excludes halogenated alkanes) is 18. The van der Waals surface area contributed by atoms with Gasteiger partial charge in [0.1, 0.15) is 34.9 Å². The van der Waals surface area contributed by atoms with Gasteiger partial charge in [-0.1, -0.05) is 236 Å². The van der Waals surface area contributed by atoms with Gasteiger partial charge in [-0.2, -0.15) is 20.2 Å². The van der Waals surface area contributed by atoms with Crippen LogP contribution in [0.15, 0.2) is 83.0 Å². The fraction of sp³-hybridized carbons (Fsp3) is 0.477. The van der Waals surface area contributed by atoms with Crippen LogP contribution < -0.4 is 30.5 Å². The van der Waals surface area contributed by atoms with Crippen LogP contribution in [0.25, 0.3) is 0 Å². The zero-order valence-electron chi connectivity index (χ0n) is 49.1. The van der Waals surface area contributed by atoms with E-state index in [1.807, 2.05) is 0 Å². The van der Waals surface area contributed by atoms with Gasteiger partial charge in [-0.3, -0.25) is 38.4 Å². The molecule has 464 valence electrons. The Morgan fingerprint density at radius 2 is 0.759 bits per heavy atom. The summed E-state index contributed by atoms with van der Waals surface area (Å²) in [5.41, 5.74) is -0.377. The summed E-state index contributed by atoms with van der Waals surface area (Å²) in [5.74, 6) is -10.1. The summed E-state index contributed by atoms with van der Waals surface area (Å²) in [5, 5.41) is 16.2. The molecule has 4 aliphatic rings. The molecule has 16 nitrogen and oxygen atoms in total. The SMILES string of the molecule is CCCCCCCCCCCCC1CC(=O)N(c2ccccc2C(=O)NC2=NN(c3c(Cl)cc(Cl)cc3Cl)C(=O)C2CC2C(=O)N(c3c(Cl)cc(Cl)cc3Cl)N=C2NC(=O)c2ccccc2N2C(=O)CC(CCCCCCCCCCCC)C2=O)C1=O. The Kier molecular flexibility index (Phi) is 24.7. The highest BCUT2D eigenvalue weighted by atomic mass is 35.5. The van der Waals surface area contributed by atoms with Crippen molar-refractivity contribution in [3.05, 3.63) is 114 Å². The normalized spacial score (nSPS) is 18.7. The van der Waals surface area contributed by atoms with Crippen LogP contribution in [0, 0.1) is 23.7 Å². The molecule has 4 unspecified atom stereocenters. The lowest BCUT2D eigenvalue weighted by Gasteiger charge is -2.21. The third-order valence-corrected chi connectivity index (χ3v) is 18.1. The van der Waals surface area contributed by atoms with E-state index in [0.29, 0.717) is 12.8 Å². The van der Waals surface area contributed by atoms with Crippen LogP contribution in [-0.4, -0.2) is 58.9 Å². The summed E-state index contributed by atoms with van der Waals surface area (Å²) < 4.78 is 0. The molecule has 2 N–H and O–H groups in total. The van der Waals surface area contributed by atoms with E-state index in [2.05, 4.69) is 34.7 Å². The van der Waals surface area contributed by atoms with Crippen molar-refractivity contribution in [3.63, 3.8) is 0 Å². The van der Waals surface area contributed by atoms with Gasteiger partial charge in [-0.25, -0.2) is 9.80 Å². The largest absolute Gasteiger partial charge is 0.308 e. The summed E-state index contributed by atoms with van der Waals surface area (Å²) in [6, 6.07) is 17.5. The van der Waals surface area contributed by atoms with E-state index in [1.54, 1.807) is 24.3 Å². The van der Waals surface area contributed by atoms with Crippen LogP contribution in [0.2, 0.25) is 30.1 Å². The maximum Gasteiger partial charge on any atom is 0.258 e. The van der Waals surface area contributed by atoms with E-state index in [4.69, 9.17) is 69.6 Å². The molecule has 8 amide bonds. The summed E-state index contributed by atoms with van der Waals surface area (Å²) >= 11 is 39.4. The van der Waals surface area contributed by atoms with Gasteiger partial charge in [0.25, 0.3) is 23.6 Å². The highest BCUT2D eigenvalue weighted by Gasteiger charge is 2.48. The number of nitrogens with one attached hydrogen (secondary N) is 2. The van der Waals surface area contributed by atoms with E-state index >= 15 is 9.59 Å². The Bertz CT molecular complexity index is 3040. The second kappa shape index (κ2) is 32.0. The highest BCUT2D eigenvalue weighted by molar-refractivity contribution is 6.44. The fourth-order valence-corrected chi connectivity index (χ4v) is 13.8. The third kappa shape index (κ3) is 16.5.